The molecule has 2 rings (SSSR count). The topological polar surface area (TPSA) is 24.5 Å². The average molecular weight is 343 g/mol. The summed E-state index contributed by atoms with van der Waals surface area (Å²) in [5, 5.41) is 4.35. The molecule has 0 saturated carbocycles. The summed E-state index contributed by atoms with van der Waals surface area (Å²) in [5.74, 6) is 0.877. The molecule has 0 heterocycles. The molecule has 0 saturated heterocycles. The maximum atomic E-state index is 5.60. The minimum Gasteiger partial charge on any atom is -0.497 e. The predicted molar refractivity (Wildman–Crippen MR) is 105 cm³/mol. The second-order valence-corrected chi connectivity index (χ2v) is 6.02. The van der Waals surface area contributed by atoms with Crippen LogP contribution in [0.25, 0.3) is 0 Å². The Bertz CT molecular complexity index is 624. The Morgan fingerprint density at radius 1 is 1.04 bits per heavy atom. The highest BCUT2D eigenvalue weighted by molar-refractivity contribution is 7.80. The van der Waals surface area contributed by atoms with Crippen molar-refractivity contribution in [3.63, 3.8) is 0 Å². The maximum Gasteiger partial charge on any atom is 0.169 e. The first-order valence-corrected chi connectivity index (χ1v) is 8.82. The molecule has 0 radical (unpaired) electrons. The zero-order valence-corrected chi connectivity index (χ0v) is 15.5. The van der Waals surface area contributed by atoms with Gasteiger partial charge in [0.2, 0.25) is 0 Å². The SMILES string of the molecule is CCN(CC)C(=S)NC(Cc1ccc(OC)cc1)c1ccccc1. The second-order valence-electron chi connectivity index (χ2n) is 5.64. The van der Waals surface area contributed by atoms with Crippen LogP contribution in [0.15, 0.2) is 54.6 Å². The number of nitrogens with one attached hydrogen (secondary N) is 1. The van der Waals surface area contributed by atoms with Crippen LogP contribution in [0.2, 0.25) is 0 Å². The van der Waals surface area contributed by atoms with Crippen LogP contribution in [0.4, 0.5) is 0 Å². The van der Waals surface area contributed by atoms with Crippen LogP contribution >= 0.6 is 12.2 Å². The van der Waals surface area contributed by atoms with Gasteiger partial charge in [-0.15, -0.1) is 0 Å². The molecule has 0 aliphatic rings. The van der Waals surface area contributed by atoms with E-state index in [2.05, 4.69) is 60.5 Å². The lowest BCUT2D eigenvalue weighted by atomic mass is 9.99. The predicted octanol–water partition coefficient (Wildman–Crippen LogP) is 4.20. The zero-order valence-electron chi connectivity index (χ0n) is 14.7. The largest absolute Gasteiger partial charge is 0.497 e. The lowest BCUT2D eigenvalue weighted by Crippen LogP contribution is -2.41. The second kappa shape index (κ2) is 9.28. The van der Waals surface area contributed by atoms with Gasteiger partial charge in [0.25, 0.3) is 0 Å². The first-order chi connectivity index (χ1) is 11.7. The molecule has 0 bridgehead atoms. The van der Waals surface area contributed by atoms with E-state index in [1.54, 1.807) is 7.11 Å². The quantitative estimate of drug-likeness (QED) is 0.762. The fourth-order valence-electron chi connectivity index (χ4n) is 2.69. The molecule has 3 nitrogen and oxygen atoms in total. The number of benzene rings is 2. The van der Waals surface area contributed by atoms with Gasteiger partial charge in [0.05, 0.1) is 13.2 Å². The summed E-state index contributed by atoms with van der Waals surface area (Å²) in [6.45, 7) is 6.07. The lowest BCUT2D eigenvalue weighted by molar-refractivity contribution is 0.414. The summed E-state index contributed by atoms with van der Waals surface area (Å²) >= 11 is 5.60. The van der Waals surface area contributed by atoms with Crippen molar-refractivity contribution in [1.29, 1.82) is 0 Å². The maximum absolute atomic E-state index is 5.60. The monoisotopic (exact) mass is 342 g/mol. The molecule has 0 aliphatic carbocycles. The smallest absolute Gasteiger partial charge is 0.169 e. The van der Waals surface area contributed by atoms with Gasteiger partial charge in [-0.2, -0.15) is 0 Å². The molecule has 0 fully saturated rings. The highest BCUT2D eigenvalue weighted by atomic mass is 32.1. The van der Waals surface area contributed by atoms with Gasteiger partial charge in [-0.25, -0.2) is 0 Å². The van der Waals surface area contributed by atoms with Gasteiger partial charge in [0.15, 0.2) is 5.11 Å². The van der Waals surface area contributed by atoms with Crippen LogP contribution in [0.5, 0.6) is 5.75 Å². The first-order valence-electron chi connectivity index (χ1n) is 8.41. The minimum absolute atomic E-state index is 0.146. The van der Waals surface area contributed by atoms with E-state index in [1.807, 2.05) is 18.2 Å². The van der Waals surface area contributed by atoms with Gasteiger partial charge in [0, 0.05) is 13.1 Å². The van der Waals surface area contributed by atoms with Gasteiger partial charge in [-0.1, -0.05) is 42.5 Å². The third-order valence-corrected chi connectivity index (χ3v) is 4.53. The van der Waals surface area contributed by atoms with Crippen LogP contribution in [0, 0.1) is 0 Å². The van der Waals surface area contributed by atoms with E-state index >= 15 is 0 Å². The van der Waals surface area contributed by atoms with Crippen LogP contribution in [0.1, 0.15) is 31.0 Å². The van der Waals surface area contributed by atoms with Crippen LogP contribution in [-0.4, -0.2) is 30.2 Å². The third kappa shape index (κ3) is 4.96. The van der Waals surface area contributed by atoms with Crippen molar-refractivity contribution < 1.29 is 4.74 Å². The zero-order chi connectivity index (χ0) is 17.4. The Morgan fingerprint density at radius 3 is 2.21 bits per heavy atom. The van der Waals surface area contributed by atoms with Crippen LogP contribution in [-0.2, 0) is 6.42 Å². The van der Waals surface area contributed by atoms with Crippen molar-refractivity contribution >= 4 is 17.3 Å². The summed E-state index contributed by atoms with van der Waals surface area (Å²) in [6, 6.07) is 18.8. The third-order valence-electron chi connectivity index (χ3n) is 4.15. The van der Waals surface area contributed by atoms with Crippen molar-refractivity contribution in [2.45, 2.75) is 26.3 Å². The van der Waals surface area contributed by atoms with E-state index in [9.17, 15) is 0 Å². The van der Waals surface area contributed by atoms with Crippen LogP contribution in [0.3, 0.4) is 0 Å². The fraction of sp³-hybridized carbons (Fsp3) is 0.350. The van der Waals surface area contributed by atoms with E-state index in [0.717, 1.165) is 30.4 Å². The first kappa shape index (κ1) is 18.3. The molecule has 128 valence electrons. The summed E-state index contributed by atoms with van der Waals surface area (Å²) in [5.41, 5.74) is 2.49. The van der Waals surface area contributed by atoms with Crippen molar-refractivity contribution in [3.8, 4) is 5.75 Å². The van der Waals surface area contributed by atoms with Gasteiger partial charge in [-0.05, 0) is 55.7 Å². The Labute approximate surface area is 150 Å². The van der Waals surface area contributed by atoms with E-state index < -0.39 is 0 Å². The highest BCUT2D eigenvalue weighted by Gasteiger charge is 2.15. The number of nitrogens with zero attached hydrogens (tertiary/aromatic N) is 1. The molecule has 4 heteroatoms. The van der Waals surface area contributed by atoms with Crippen LogP contribution < -0.4 is 10.1 Å². The lowest BCUT2D eigenvalue weighted by Gasteiger charge is -2.28. The average Bonchev–Trinajstić information content (AvgIpc) is 2.63. The highest BCUT2D eigenvalue weighted by Crippen LogP contribution is 2.20. The summed E-state index contributed by atoms with van der Waals surface area (Å²) < 4.78 is 5.24. The minimum atomic E-state index is 0.146. The molecule has 2 aromatic carbocycles. The molecular formula is C20H26N2OS. The number of rotatable bonds is 7. The van der Waals surface area contributed by atoms with Crippen molar-refractivity contribution in [3.05, 3.63) is 65.7 Å². The molecule has 0 aromatic heterocycles. The fourth-order valence-corrected chi connectivity index (χ4v) is 3.09. The molecule has 2 aromatic rings. The summed E-state index contributed by atoms with van der Waals surface area (Å²) in [4.78, 5) is 2.17. The van der Waals surface area contributed by atoms with Gasteiger partial charge >= 0.3 is 0 Å². The Hall–Kier alpha value is -2.07. The molecule has 0 spiro atoms. The van der Waals surface area contributed by atoms with E-state index in [1.165, 1.54) is 11.1 Å². The number of hydrogen-bond donors (Lipinski definition) is 1. The molecule has 24 heavy (non-hydrogen) atoms. The normalized spacial score (nSPS) is 11.6. The molecule has 1 atom stereocenters. The van der Waals surface area contributed by atoms with E-state index in [4.69, 9.17) is 17.0 Å². The number of thiocarbonyl (C=S) groups is 1. The summed E-state index contributed by atoms with van der Waals surface area (Å²) in [7, 11) is 1.69. The van der Waals surface area contributed by atoms with Gasteiger partial charge < -0.3 is 15.0 Å². The standard InChI is InChI=1S/C20H26N2OS/c1-4-22(5-2)20(24)21-19(17-9-7-6-8-10-17)15-16-11-13-18(23-3)14-12-16/h6-14,19H,4-5,15H2,1-3H3,(H,21,24). The molecule has 0 amide bonds. The van der Waals surface area contributed by atoms with Crippen molar-refractivity contribution in [1.82, 2.24) is 10.2 Å². The summed E-state index contributed by atoms with van der Waals surface area (Å²) in [6.07, 6.45) is 0.870. The molecular weight excluding hydrogens is 316 g/mol. The Morgan fingerprint density at radius 2 is 1.67 bits per heavy atom. The van der Waals surface area contributed by atoms with E-state index in [-0.39, 0.29) is 6.04 Å². The number of hydrogen-bond acceptors (Lipinski definition) is 2. The van der Waals surface area contributed by atoms with Crippen molar-refractivity contribution in [2.24, 2.45) is 0 Å². The van der Waals surface area contributed by atoms with Crippen molar-refractivity contribution in [2.75, 3.05) is 20.2 Å². The molecule has 1 N–H and O–H groups in total. The molecule has 0 aliphatic heterocycles. The molecule has 1 unspecified atom stereocenters. The number of ether oxygens (including phenoxy) is 1. The Kier molecular flexibility index (Phi) is 7.07. The number of methoxy groups -OCH3 is 1. The van der Waals surface area contributed by atoms with E-state index in [0.29, 0.717) is 0 Å². The Balaban J connectivity index is 2.18. The van der Waals surface area contributed by atoms with Gasteiger partial charge in [-0.3, -0.25) is 0 Å². The van der Waals surface area contributed by atoms with Gasteiger partial charge in [0.1, 0.15) is 5.75 Å².